The number of piperidine rings is 1. The molecule has 1 fully saturated rings. The molecule has 0 amide bonds. The molecule has 0 atom stereocenters. The van der Waals surface area contributed by atoms with Crippen LogP contribution >= 0.6 is 0 Å². The largest absolute Gasteiger partial charge is 0.338 e. The minimum atomic E-state index is 0.506. The number of nitrogens with zero attached hydrogens (tertiary/aromatic N) is 3. The van der Waals surface area contributed by atoms with E-state index in [1.165, 1.54) is 29.8 Å². The molecule has 0 unspecified atom stereocenters. The molecule has 4 rings (SSSR count). The van der Waals surface area contributed by atoms with Crippen molar-refractivity contribution in [2.24, 2.45) is 0 Å². The third-order valence-corrected chi connectivity index (χ3v) is 6.40. The van der Waals surface area contributed by atoms with Gasteiger partial charge in [0.1, 0.15) is 0 Å². The first-order valence-electron chi connectivity index (χ1n) is 12.0. The lowest BCUT2D eigenvalue weighted by Crippen LogP contribution is -2.42. The highest BCUT2D eigenvalue weighted by molar-refractivity contribution is 5.66. The molecule has 4 heteroatoms. The van der Waals surface area contributed by atoms with Crippen molar-refractivity contribution in [3.8, 4) is 0 Å². The summed E-state index contributed by atoms with van der Waals surface area (Å²) in [4.78, 5) is 5.13. The number of anilines is 3. The summed E-state index contributed by atoms with van der Waals surface area (Å²) in [5.74, 6) is 0. The Balaban J connectivity index is 1.47. The summed E-state index contributed by atoms with van der Waals surface area (Å²) >= 11 is 0. The average Bonchev–Trinajstić information content (AvgIpc) is 2.86. The van der Waals surface area contributed by atoms with Gasteiger partial charge < -0.3 is 10.3 Å². The van der Waals surface area contributed by atoms with Crippen molar-refractivity contribution in [3.63, 3.8) is 0 Å². The lowest BCUT2D eigenvalue weighted by Gasteiger charge is -2.40. The molecule has 4 nitrogen and oxygen atoms in total. The fraction of sp³-hybridized carbons (Fsp3) is 0.357. The highest BCUT2D eigenvalue weighted by Crippen LogP contribution is 2.33. The van der Waals surface area contributed by atoms with Gasteiger partial charge >= 0.3 is 0 Å². The van der Waals surface area contributed by atoms with Gasteiger partial charge in [-0.25, -0.2) is 5.01 Å². The Hall–Kier alpha value is -2.82. The van der Waals surface area contributed by atoms with Crippen LogP contribution in [0, 0.1) is 0 Å². The number of nitrogens with one attached hydrogen (secondary N) is 1. The zero-order chi connectivity index (χ0) is 22.2. The fourth-order valence-corrected chi connectivity index (χ4v) is 4.60. The topological polar surface area (TPSA) is 21.8 Å². The van der Waals surface area contributed by atoms with Crippen LogP contribution in [-0.4, -0.2) is 42.1 Å². The van der Waals surface area contributed by atoms with Gasteiger partial charge in [0.2, 0.25) is 0 Å². The van der Waals surface area contributed by atoms with E-state index in [1.54, 1.807) is 0 Å². The molecule has 3 aromatic carbocycles. The molecule has 168 valence electrons. The first kappa shape index (κ1) is 22.4. The zero-order valence-electron chi connectivity index (χ0n) is 19.5. The Morgan fingerprint density at radius 3 is 1.91 bits per heavy atom. The lowest BCUT2D eigenvalue weighted by atomic mass is 10.0. The molecule has 0 saturated carbocycles. The maximum Gasteiger partial charge on any atom is 0.0491 e. The second-order valence-electron chi connectivity index (χ2n) is 8.53. The Morgan fingerprint density at radius 2 is 1.31 bits per heavy atom. The summed E-state index contributed by atoms with van der Waals surface area (Å²) in [5, 5.41) is 2.21. The number of hydrogen-bond acceptors (Lipinski definition) is 4. The standard InChI is InChI=1S/C28H36N4/c1-3-31(4-2)29-25-15-17-27(18-16-25)32(26-13-9-6-10-14-26)28-19-21-30(22-20-28)23-24-11-7-5-8-12-24/h5-18,28-29H,3-4,19-23H2,1-2H3. The quantitative estimate of drug-likeness (QED) is 0.412. The number of benzene rings is 3. The van der Waals surface area contributed by atoms with E-state index in [9.17, 15) is 0 Å². The monoisotopic (exact) mass is 428 g/mol. The van der Waals surface area contributed by atoms with Crippen molar-refractivity contribution in [3.05, 3.63) is 90.5 Å². The maximum atomic E-state index is 3.50. The molecule has 0 radical (unpaired) electrons. The van der Waals surface area contributed by atoms with Gasteiger partial charge in [-0.05, 0) is 54.8 Å². The van der Waals surface area contributed by atoms with Gasteiger partial charge in [-0.3, -0.25) is 4.90 Å². The van der Waals surface area contributed by atoms with Gasteiger partial charge in [0, 0.05) is 55.8 Å². The molecular weight excluding hydrogens is 392 g/mol. The van der Waals surface area contributed by atoms with Crippen LogP contribution in [0.2, 0.25) is 0 Å². The molecule has 32 heavy (non-hydrogen) atoms. The van der Waals surface area contributed by atoms with Crippen molar-refractivity contribution in [2.75, 3.05) is 36.5 Å². The van der Waals surface area contributed by atoms with Gasteiger partial charge in [-0.15, -0.1) is 0 Å². The van der Waals surface area contributed by atoms with Gasteiger partial charge in [0.15, 0.2) is 0 Å². The molecule has 1 aliphatic heterocycles. The summed E-state index contributed by atoms with van der Waals surface area (Å²) in [6.45, 7) is 9.61. The summed E-state index contributed by atoms with van der Waals surface area (Å²) in [6, 6.07) is 31.1. The van der Waals surface area contributed by atoms with E-state index in [0.717, 1.165) is 38.4 Å². The van der Waals surface area contributed by atoms with E-state index in [-0.39, 0.29) is 0 Å². The van der Waals surface area contributed by atoms with Crippen LogP contribution in [-0.2, 0) is 6.54 Å². The fourth-order valence-electron chi connectivity index (χ4n) is 4.60. The first-order valence-corrected chi connectivity index (χ1v) is 12.0. The van der Waals surface area contributed by atoms with Crippen LogP contribution in [0.5, 0.6) is 0 Å². The van der Waals surface area contributed by atoms with E-state index in [1.807, 2.05) is 0 Å². The van der Waals surface area contributed by atoms with Crippen LogP contribution in [0.3, 0.4) is 0 Å². The van der Waals surface area contributed by atoms with Crippen LogP contribution in [0.25, 0.3) is 0 Å². The first-order chi connectivity index (χ1) is 15.8. The van der Waals surface area contributed by atoms with E-state index in [0.29, 0.717) is 6.04 Å². The SMILES string of the molecule is CCN(CC)Nc1ccc(N(c2ccccc2)C2CCN(Cc3ccccc3)CC2)cc1. The van der Waals surface area contributed by atoms with Gasteiger partial charge in [-0.2, -0.15) is 0 Å². The summed E-state index contributed by atoms with van der Waals surface area (Å²) < 4.78 is 0. The van der Waals surface area contributed by atoms with Crippen LogP contribution < -0.4 is 10.3 Å². The third kappa shape index (κ3) is 5.70. The highest BCUT2D eigenvalue weighted by Gasteiger charge is 2.26. The Kier molecular flexibility index (Phi) is 7.81. The smallest absolute Gasteiger partial charge is 0.0491 e. The van der Waals surface area contributed by atoms with Gasteiger partial charge in [0.05, 0.1) is 0 Å². The molecule has 1 heterocycles. The van der Waals surface area contributed by atoms with E-state index in [2.05, 4.69) is 119 Å². The van der Waals surface area contributed by atoms with Crippen LogP contribution in [0.4, 0.5) is 17.1 Å². The number of rotatable bonds is 9. The minimum absolute atomic E-state index is 0.506. The maximum absolute atomic E-state index is 3.50. The van der Waals surface area contributed by atoms with Crippen molar-refractivity contribution in [1.29, 1.82) is 0 Å². The molecule has 1 aliphatic rings. The van der Waals surface area contributed by atoms with E-state index < -0.39 is 0 Å². The molecule has 0 aromatic heterocycles. The lowest BCUT2D eigenvalue weighted by molar-refractivity contribution is 0.205. The Morgan fingerprint density at radius 1 is 0.750 bits per heavy atom. The number of likely N-dealkylation sites (tertiary alicyclic amines) is 1. The number of para-hydroxylation sites is 1. The van der Waals surface area contributed by atoms with Crippen molar-refractivity contribution >= 4 is 17.1 Å². The molecule has 1 saturated heterocycles. The molecular formula is C28H36N4. The van der Waals surface area contributed by atoms with Gasteiger partial charge in [-0.1, -0.05) is 62.4 Å². The number of hydrogen-bond donors (Lipinski definition) is 1. The summed E-state index contributed by atoms with van der Waals surface area (Å²) in [6.07, 6.45) is 2.34. The Labute approximate surface area is 193 Å². The van der Waals surface area contributed by atoms with Crippen molar-refractivity contribution in [2.45, 2.75) is 39.3 Å². The van der Waals surface area contributed by atoms with E-state index >= 15 is 0 Å². The van der Waals surface area contributed by atoms with Crippen LogP contribution in [0.1, 0.15) is 32.3 Å². The average molecular weight is 429 g/mol. The molecule has 3 aromatic rings. The summed E-state index contributed by atoms with van der Waals surface area (Å²) in [7, 11) is 0. The predicted octanol–water partition coefficient (Wildman–Crippen LogP) is 6.16. The minimum Gasteiger partial charge on any atom is -0.338 e. The molecule has 0 spiro atoms. The normalized spacial score (nSPS) is 15.1. The molecule has 0 bridgehead atoms. The zero-order valence-corrected chi connectivity index (χ0v) is 19.5. The van der Waals surface area contributed by atoms with E-state index in [4.69, 9.17) is 0 Å². The Bertz CT molecular complexity index is 915. The predicted molar refractivity (Wildman–Crippen MR) is 136 cm³/mol. The summed E-state index contributed by atoms with van der Waals surface area (Å²) in [5.41, 5.74) is 8.59. The second-order valence-corrected chi connectivity index (χ2v) is 8.53. The molecule has 0 aliphatic carbocycles. The highest BCUT2D eigenvalue weighted by atomic mass is 15.5. The third-order valence-electron chi connectivity index (χ3n) is 6.40. The van der Waals surface area contributed by atoms with Crippen molar-refractivity contribution < 1.29 is 0 Å². The van der Waals surface area contributed by atoms with Gasteiger partial charge in [0.25, 0.3) is 0 Å². The van der Waals surface area contributed by atoms with Crippen molar-refractivity contribution in [1.82, 2.24) is 9.91 Å². The molecule has 1 N–H and O–H groups in total. The second kappa shape index (κ2) is 11.2. The van der Waals surface area contributed by atoms with Crippen LogP contribution in [0.15, 0.2) is 84.9 Å². The number of hydrazine groups is 1.